The molecule has 174 valence electrons. The zero-order valence-corrected chi connectivity index (χ0v) is 18.5. The van der Waals surface area contributed by atoms with Crippen LogP contribution in [0.15, 0.2) is 48.0 Å². The number of phenols is 1. The molecule has 0 bridgehead atoms. The number of nitrogens with zero attached hydrogens (tertiary/aromatic N) is 2. The number of phenolic OH excluding ortho intramolecular Hbond substituents is 1. The molecule has 2 fully saturated rings. The Hall–Kier alpha value is -3.23. The third-order valence-corrected chi connectivity index (χ3v) is 6.09. The van der Waals surface area contributed by atoms with Crippen molar-refractivity contribution >= 4 is 17.4 Å². The average molecular weight is 454 g/mol. The highest BCUT2D eigenvalue weighted by Gasteiger charge is 2.46. The first-order valence-electron chi connectivity index (χ1n) is 11.0. The van der Waals surface area contributed by atoms with E-state index in [1.54, 1.807) is 25.1 Å². The van der Waals surface area contributed by atoms with Crippen LogP contribution in [0.4, 0.5) is 4.39 Å². The van der Waals surface area contributed by atoms with Crippen molar-refractivity contribution in [3.8, 4) is 5.75 Å². The summed E-state index contributed by atoms with van der Waals surface area (Å²) < 4.78 is 19.4. The van der Waals surface area contributed by atoms with Crippen LogP contribution in [0.3, 0.4) is 0 Å². The molecule has 0 unspecified atom stereocenters. The number of ether oxygens (including phenoxy) is 1. The lowest BCUT2D eigenvalue weighted by Gasteiger charge is -2.29. The Morgan fingerprint density at radius 1 is 1.12 bits per heavy atom. The Labute approximate surface area is 191 Å². The first-order valence-corrected chi connectivity index (χ1v) is 11.0. The lowest BCUT2D eigenvalue weighted by molar-refractivity contribution is -0.140. The summed E-state index contributed by atoms with van der Waals surface area (Å²) in [5.74, 6) is -2.80. The second-order valence-electron chi connectivity index (χ2n) is 8.38. The molecule has 0 aromatic heterocycles. The van der Waals surface area contributed by atoms with Crippen LogP contribution in [0.1, 0.15) is 29.2 Å². The number of likely N-dealkylation sites (tertiary alicyclic amines) is 1. The van der Waals surface area contributed by atoms with Gasteiger partial charge in [-0.1, -0.05) is 23.8 Å². The zero-order valence-electron chi connectivity index (χ0n) is 18.5. The van der Waals surface area contributed by atoms with Crippen LogP contribution in [0.25, 0.3) is 5.76 Å². The molecule has 2 aromatic carbocycles. The van der Waals surface area contributed by atoms with Crippen molar-refractivity contribution in [2.45, 2.75) is 19.4 Å². The second kappa shape index (κ2) is 9.72. The van der Waals surface area contributed by atoms with Crippen molar-refractivity contribution < 1.29 is 28.9 Å². The van der Waals surface area contributed by atoms with Crippen LogP contribution in [0.2, 0.25) is 0 Å². The van der Waals surface area contributed by atoms with Gasteiger partial charge in [0.15, 0.2) is 0 Å². The quantitative estimate of drug-likeness (QED) is 0.396. The van der Waals surface area contributed by atoms with Gasteiger partial charge in [-0.05, 0) is 43.2 Å². The number of aromatic hydroxyl groups is 1. The molecule has 2 N–H and O–H groups in total. The Balaban J connectivity index is 1.71. The van der Waals surface area contributed by atoms with Crippen LogP contribution in [0.5, 0.6) is 5.75 Å². The van der Waals surface area contributed by atoms with E-state index in [4.69, 9.17) is 4.74 Å². The first-order chi connectivity index (χ1) is 15.9. The predicted octanol–water partition coefficient (Wildman–Crippen LogP) is 2.98. The van der Waals surface area contributed by atoms with Crippen molar-refractivity contribution in [2.24, 2.45) is 0 Å². The fourth-order valence-corrected chi connectivity index (χ4v) is 4.41. The van der Waals surface area contributed by atoms with E-state index in [2.05, 4.69) is 4.90 Å². The van der Waals surface area contributed by atoms with Crippen molar-refractivity contribution in [3.05, 3.63) is 70.5 Å². The van der Waals surface area contributed by atoms with E-state index in [1.165, 1.54) is 29.2 Å². The number of hydrogen-bond acceptors (Lipinski definition) is 6. The number of Topliss-reactive ketones (excluding diaryl/α,β-unsaturated/α-hetero) is 1. The lowest BCUT2D eigenvalue weighted by atomic mass is 9.94. The standard InChI is InChI=1S/C25H27FN2O5/c1-16-6-7-20(29)19(14-16)23(30)21-22(17-4-2-5-18(26)15-17)28(25(32)24(21)31)9-3-8-27-10-12-33-13-11-27/h2,4-7,14-15,22,29-30H,3,8-13H2,1H3/t22-/m0/s1. The largest absolute Gasteiger partial charge is 0.507 e. The van der Waals surface area contributed by atoms with E-state index < -0.39 is 29.3 Å². The van der Waals surface area contributed by atoms with Gasteiger partial charge in [0, 0.05) is 26.2 Å². The molecular weight excluding hydrogens is 427 g/mol. The molecule has 2 aliphatic rings. The van der Waals surface area contributed by atoms with Gasteiger partial charge in [-0.25, -0.2) is 4.39 Å². The van der Waals surface area contributed by atoms with Crippen LogP contribution in [-0.4, -0.2) is 71.1 Å². The van der Waals surface area contributed by atoms with Gasteiger partial charge in [-0.3, -0.25) is 14.5 Å². The Morgan fingerprint density at radius 3 is 2.61 bits per heavy atom. The highest BCUT2D eigenvalue weighted by molar-refractivity contribution is 6.46. The van der Waals surface area contributed by atoms with Gasteiger partial charge in [0.25, 0.3) is 11.7 Å². The maximum Gasteiger partial charge on any atom is 0.295 e. The average Bonchev–Trinajstić information content (AvgIpc) is 3.06. The van der Waals surface area contributed by atoms with Crippen molar-refractivity contribution in [1.82, 2.24) is 9.80 Å². The normalized spacial score (nSPS) is 21.0. The number of rotatable bonds is 6. The van der Waals surface area contributed by atoms with Gasteiger partial charge in [0.2, 0.25) is 0 Å². The summed E-state index contributed by atoms with van der Waals surface area (Å²) in [6.07, 6.45) is 0.606. The van der Waals surface area contributed by atoms with Crippen LogP contribution in [-0.2, 0) is 14.3 Å². The number of amides is 1. The third-order valence-electron chi connectivity index (χ3n) is 6.09. The fourth-order valence-electron chi connectivity index (χ4n) is 4.41. The summed E-state index contributed by atoms with van der Waals surface area (Å²) in [5, 5.41) is 21.4. The smallest absolute Gasteiger partial charge is 0.295 e. The van der Waals surface area contributed by atoms with Gasteiger partial charge < -0.3 is 19.8 Å². The minimum Gasteiger partial charge on any atom is -0.507 e. The van der Waals surface area contributed by atoms with Crippen LogP contribution < -0.4 is 0 Å². The second-order valence-corrected chi connectivity index (χ2v) is 8.38. The molecule has 0 radical (unpaired) electrons. The molecule has 8 heteroatoms. The summed E-state index contributed by atoms with van der Waals surface area (Å²) >= 11 is 0. The summed E-state index contributed by atoms with van der Waals surface area (Å²) in [7, 11) is 0. The van der Waals surface area contributed by atoms with Crippen LogP contribution >= 0.6 is 0 Å². The van der Waals surface area contributed by atoms with Gasteiger partial charge in [0.1, 0.15) is 17.3 Å². The van der Waals surface area contributed by atoms with E-state index in [0.717, 1.165) is 25.2 Å². The summed E-state index contributed by atoms with van der Waals surface area (Å²) in [6, 6.07) is 9.33. The molecule has 7 nitrogen and oxygen atoms in total. The first kappa shape index (κ1) is 22.9. The SMILES string of the molecule is Cc1ccc(O)c(C(O)=C2C(=O)C(=O)N(CCCN3CCOCC3)[C@H]2c2cccc(F)c2)c1. The number of aliphatic hydroxyl groups is 1. The number of ketones is 1. The number of halogens is 1. The summed E-state index contributed by atoms with van der Waals surface area (Å²) in [4.78, 5) is 29.7. The van der Waals surface area contributed by atoms with Crippen LogP contribution in [0, 0.1) is 12.7 Å². The molecule has 0 spiro atoms. The molecule has 0 aliphatic carbocycles. The number of aliphatic hydroxyl groups excluding tert-OH is 1. The highest BCUT2D eigenvalue weighted by atomic mass is 19.1. The predicted molar refractivity (Wildman–Crippen MR) is 120 cm³/mol. The van der Waals surface area contributed by atoms with Gasteiger partial charge in [-0.15, -0.1) is 0 Å². The molecule has 4 rings (SSSR count). The fraction of sp³-hybridized carbons (Fsp3) is 0.360. The molecular formula is C25H27FN2O5. The molecule has 2 aliphatic heterocycles. The number of carbonyl (C=O) groups excluding carboxylic acids is 2. The minimum atomic E-state index is -0.953. The molecule has 1 amide bonds. The van der Waals surface area contributed by atoms with E-state index >= 15 is 0 Å². The summed E-state index contributed by atoms with van der Waals surface area (Å²) in [5.41, 5.74) is 1.05. The number of benzene rings is 2. The van der Waals surface area contributed by atoms with Crippen molar-refractivity contribution in [2.75, 3.05) is 39.4 Å². The lowest BCUT2D eigenvalue weighted by Crippen LogP contribution is -2.39. The summed E-state index contributed by atoms with van der Waals surface area (Å²) in [6.45, 7) is 5.70. The molecule has 0 saturated carbocycles. The molecule has 1 atom stereocenters. The van der Waals surface area contributed by atoms with E-state index in [1.807, 2.05) is 0 Å². The molecule has 2 heterocycles. The van der Waals surface area contributed by atoms with E-state index in [0.29, 0.717) is 25.2 Å². The third kappa shape index (κ3) is 4.77. The van der Waals surface area contributed by atoms with Crippen molar-refractivity contribution in [1.29, 1.82) is 0 Å². The van der Waals surface area contributed by atoms with E-state index in [-0.39, 0.29) is 23.4 Å². The Kier molecular flexibility index (Phi) is 6.76. The number of morpholine rings is 1. The van der Waals surface area contributed by atoms with Gasteiger partial charge in [-0.2, -0.15) is 0 Å². The van der Waals surface area contributed by atoms with Gasteiger partial charge >= 0.3 is 0 Å². The monoisotopic (exact) mass is 454 g/mol. The Bertz CT molecular complexity index is 1090. The molecule has 2 saturated heterocycles. The van der Waals surface area contributed by atoms with Gasteiger partial charge in [0.05, 0.1) is 30.4 Å². The topological polar surface area (TPSA) is 90.3 Å². The zero-order chi connectivity index (χ0) is 23.5. The molecule has 33 heavy (non-hydrogen) atoms. The number of aryl methyl sites for hydroxylation is 1. The maximum absolute atomic E-state index is 14.1. The molecule has 2 aromatic rings. The number of hydrogen-bond donors (Lipinski definition) is 2. The van der Waals surface area contributed by atoms with E-state index in [9.17, 15) is 24.2 Å². The number of carbonyl (C=O) groups is 2. The van der Waals surface area contributed by atoms with Crippen molar-refractivity contribution in [3.63, 3.8) is 0 Å². The highest BCUT2D eigenvalue weighted by Crippen LogP contribution is 2.41. The maximum atomic E-state index is 14.1. The minimum absolute atomic E-state index is 0.0581. The Morgan fingerprint density at radius 2 is 1.88 bits per heavy atom.